The SMILES string of the molecule is S=C(N[NH+]=Cc1ccccc1OCc1ccccc1)Nc1ccccc1. The third-order valence-corrected chi connectivity index (χ3v) is 3.81. The summed E-state index contributed by atoms with van der Waals surface area (Å²) in [5, 5.41) is 6.58. The van der Waals surface area contributed by atoms with E-state index < -0.39 is 0 Å². The molecule has 3 aromatic rings. The number of thiocarbonyl (C=S) groups is 1. The van der Waals surface area contributed by atoms with Crippen LogP contribution in [-0.4, -0.2) is 11.3 Å². The molecule has 0 aliphatic carbocycles. The zero-order valence-corrected chi connectivity index (χ0v) is 15.0. The zero-order chi connectivity index (χ0) is 18.0. The lowest BCUT2D eigenvalue weighted by Gasteiger charge is -2.08. The van der Waals surface area contributed by atoms with E-state index >= 15 is 0 Å². The fourth-order valence-corrected chi connectivity index (χ4v) is 2.51. The van der Waals surface area contributed by atoms with Crippen LogP contribution in [-0.2, 0) is 6.61 Å². The number of hydrazine groups is 1. The number of para-hydroxylation sites is 2. The molecular formula is C21H20N3OS+. The standard InChI is InChI=1S/C21H19N3OS/c26-21(23-19-12-5-2-6-13-19)24-22-15-18-11-7-8-14-20(18)25-16-17-9-3-1-4-10-17/h1-15H,16H2,(H2,23,24,26)/p+1. The summed E-state index contributed by atoms with van der Waals surface area (Å²) >= 11 is 5.26. The predicted octanol–water partition coefficient (Wildman–Crippen LogP) is 2.67. The molecule has 0 atom stereocenters. The molecule has 0 unspecified atom stereocenters. The van der Waals surface area contributed by atoms with Gasteiger partial charge in [-0.3, -0.25) is 0 Å². The summed E-state index contributed by atoms with van der Waals surface area (Å²) in [7, 11) is 0. The zero-order valence-electron chi connectivity index (χ0n) is 14.2. The minimum Gasteiger partial charge on any atom is -0.488 e. The Morgan fingerprint density at radius 1 is 0.885 bits per heavy atom. The van der Waals surface area contributed by atoms with E-state index in [1.807, 2.05) is 91.1 Å². The van der Waals surface area contributed by atoms with Crippen LogP contribution < -0.4 is 20.6 Å². The predicted molar refractivity (Wildman–Crippen MR) is 109 cm³/mol. The first-order valence-electron chi connectivity index (χ1n) is 8.28. The minimum absolute atomic E-state index is 0.482. The van der Waals surface area contributed by atoms with Crippen molar-refractivity contribution in [3.63, 3.8) is 0 Å². The Balaban J connectivity index is 1.57. The molecule has 0 spiro atoms. The van der Waals surface area contributed by atoms with Crippen LogP contribution in [0.5, 0.6) is 5.75 Å². The van der Waals surface area contributed by atoms with E-state index in [9.17, 15) is 0 Å². The van der Waals surface area contributed by atoms with E-state index in [-0.39, 0.29) is 0 Å². The molecule has 0 fully saturated rings. The van der Waals surface area contributed by atoms with E-state index in [0.717, 1.165) is 22.6 Å². The van der Waals surface area contributed by atoms with Gasteiger partial charge in [-0.25, -0.2) is 0 Å². The molecule has 0 bridgehead atoms. The van der Waals surface area contributed by atoms with E-state index in [4.69, 9.17) is 17.0 Å². The third kappa shape index (κ3) is 5.43. The molecule has 0 saturated heterocycles. The number of hydrogen-bond donors (Lipinski definition) is 3. The van der Waals surface area contributed by atoms with Crippen molar-refractivity contribution >= 4 is 29.2 Å². The van der Waals surface area contributed by atoms with Gasteiger partial charge in [0, 0.05) is 5.69 Å². The summed E-state index contributed by atoms with van der Waals surface area (Å²) in [6, 6.07) is 27.7. The molecule has 130 valence electrons. The van der Waals surface area contributed by atoms with Crippen LogP contribution in [0.4, 0.5) is 5.69 Å². The average Bonchev–Trinajstić information content (AvgIpc) is 2.69. The Labute approximate surface area is 158 Å². The second-order valence-electron chi connectivity index (χ2n) is 5.55. The molecular weight excluding hydrogens is 342 g/mol. The van der Waals surface area contributed by atoms with Crippen LogP contribution in [0.15, 0.2) is 84.9 Å². The van der Waals surface area contributed by atoms with Crippen molar-refractivity contribution in [1.29, 1.82) is 0 Å². The largest absolute Gasteiger partial charge is 0.488 e. The van der Waals surface area contributed by atoms with Gasteiger partial charge in [-0.05, 0) is 42.0 Å². The molecule has 4 nitrogen and oxygen atoms in total. The Hall–Kier alpha value is -3.18. The number of ether oxygens (including phenoxy) is 1. The van der Waals surface area contributed by atoms with Crippen LogP contribution in [0.1, 0.15) is 11.1 Å². The topological polar surface area (TPSA) is 47.3 Å². The van der Waals surface area contributed by atoms with Crippen LogP contribution in [0.2, 0.25) is 0 Å². The van der Waals surface area contributed by atoms with Gasteiger partial charge in [-0.15, -0.1) is 10.5 Å². The van der Waals surface area contributed by atoms with Crippen LogP contribution in [0.3, 0.4) is 0 Å². The van der Waals surface area contributed by atoms with Gasteiger partial charge < -0.3 is 10.1 Å². The van der Waals surface area contributed by atoms with Gasteiger partial charge in [0.15, 0.2) is 0 Å². The van der Waals surface area contributed by atoms with E-state index in [0.29, 0.717) is 11.7 Å². The molecule has 3 aromatic carbocycles. The van der Waals surface area contributed by atoms with Gasteiger partial charge in [0.05, 0.1) is 5.56 Å². The van der Waals surface area contributed by atoms with Crippen LogP contribution in [0.25, 0.3) is 0 Å². The first-order valence-corrected chi connectivity index (χ1v) is 8.68. The first kappa shape index (κ1) is 17.6. The Morgan fingerprint density at radius 3 is 2.31 bits per heavy atom. The van der Waals surface area contributed by atoms with Crippen molar-refractivity contribution in [3.8, 4) is 5.75 Å². The van der Waals surface area contributed by atoms with E-state index in [1.165, 1.54) is 0 Å². The fraction of sp³-hybridized carbons (Fsp3) is 0.0476. The lowest BCUT2D eigenvalue weighted by Crippen LogP contribution is -2.82. The second kappa shape index (κ2) is 9.34. The van der Waals surface area contributed by atoms with Gasteiger partial charge >= 0.3 is 0 Å². The van der Waals surface area contributed by atoms with Gasteiger partial charge in [-0.2, -0.15) is 0 Å². The van der Waals surface area contributed by atoms with Crippen molar-refractivity contribution in [1.82, 2.24) is 5.43 Å². The summed E-state index contributed by atoms with van der Waals surface area (Å²) in [5.74, 6) is 0.799. The van der Waals surface area contributed by atoms with Crippen molar-refractivity contribution in [2.75, 3.05) is 5.32 Å². The molecule has 0 heterocycles. The van der Waals surface area contributed by atoms with Gasteiger partial charge in [-0.1, -0.05) is 60.7 Å². The maximum atomic E-state index is 5.93. The second-order valence-corrected chi connectivity index (χ2v) is 5.95. The summed E-state index contributed by atoms with van der Waals surface area (Å²) in [4.78, 5) is 0. The smallest absolute Gasteiger partial charge is 0.228 e. The maximum Gasteiger partial charge on any atom is 0.228 e. The van der Waals surface area contributed by atoms with E-state index in [1.54, 1.807) is 0 Å². The lowest BCUT2D eigenvalue weighted by atomic mass is 10.2. The maximum absolute atomic E-state index is 5.93. The van der Waals surface area contributed by atoms with Gasteiger partial charge in [0.2, 0.25) is 11.3 Å². The number of benzene rings is 3. The highest BCUT2D eigenvalue weighted by molar-refractivity contribution is 7.80. The highest BCUT2D eigenvalue weighted by Gasteiger charge is 2.04. The third-order valence-electron chi connectivity index (χ3n) is 3.60. The molecule has 3 N–H and O–H groups in total. The number of rotatable bonds is 6. The van der Waals surface area contributed by atoms with Crippen molar-refractivity contribution < 1.29 is 9.84 Å². The summed E-state index contributed by atoms with van der Waals surface area (Å²) in [6.07, 6.45) is 1.82. The monoisotopic (exact) mass is 362 g/mol. The molecule has 0 saturated carbocycles. The summed E-state index contributed by atoms with van der Waals surface area (Å²) in [6.45, 7) is 0.521. The van der Waals surface area contributed by atoms with Crippen molar-refractivity contribution in [3.05, 3.63) is 96.1 Å². The van der Waals surface area contributed by atoms with Crippen LogP contribution in [0, 0.1) is 0 Å². The molecule has 5 heteroatoms. The Morgan fingerprint density at radius 2 is 1.54 bits per heavy atom. The average molecular weight is 362 g/mol. The molecule has 0 radical (unpaired) electrons. The first-order chi connectivity index (χ1) is 12.8. The number of nitrogens with one attached hydrogen (secondary N) is 3. The van der Waals surface area contributed by atoms with Crippen molar-refractivity contribution in [2.45, 2.75) is 6.61 Å². The normalized spacial score (nSPS) is 10.5. The Bertz CT molecular complexity index is 867. The Kier molecular flexibility index (Phi) is 6.34. The van der Waals surface area contributed by atoms with Crippen molar-refractivity contribution in [2.24, 2.45) is 0 Å². The quantitative estimate of drug-likeness (QED) is 0.358. The minimum atomic E-state index is 0.482. The number of hydrogen-bond acceptors (Lipinski definition) is 2. The van der Waals surface area contributed by atoms with Crippen LogP contribution >= 0.6 is 12.2 Å². The van der Waals surface area contributed by atoms with Gasteiger partial charge in [0.1, 0.15) is 12.4 Å². The number of anilines is 1. The summed E-state index contributed by atoms with van der Waals surface area (Å²) in [5.41, 5.74) is 5.92. The van der Waals surface area contributed by atoms with Gasteiger partial charge in [0.25, 0.3) is 0 Å². The fourth-order valence-electron chi connectivity index (χ4n) is 2.33. The molecule has 3 rings (SSSR count). The molecule has 0 aliphatic heterocycles. The van der Waals surface area contributed by atoms with E-state index in [2.05, 4.69) is 15.8 Å². The highest BCUT2D eigenvalue weighted by Crippen LogP contribution is 2.16. The molecule has 0 amide bonds. The molecule has 0 aromatic heterocycles. The number of hydrazone groups is 1. The molecule has 0 aliphatic rings. The highest BCUT2D eigenvalue weighted by atomic mass is 32.1. The lowest BCUT2D eigenvalue weighted by molar-refractivity contribution is -0.499. The molecule has 26 heavy (non-hydrogen) atoms. The summed E-state index contributed by atoms with van der Waals surface area (Å²) < 4.78 is 5.93.